The summed E-state index contributed by atoms with van der Waals surface area (Å²) in [5.41, 5.74) is 1.09. The molecule has 6 nitrogen and oxygen atoms in total. The lowest BCUT2D eigenvalue weighted by atomic mass is 10.1. The molecule has 1 unspecified atom stereocenters. The van der Waals surface area contributed by atoms with E-state index in [9.17, 15) is 18.0 Å². The lowest BCUT2D eigenvalue weighted by Gasteiger charge is -2.16. The third-order valence-electron chi connectivity index (χ3n) is 4.89. The molecular formula is C21H18F3N5O. The number of hydrogen-bond donors (Lipinski definition) is 0. The van der Waals surface area contributed by atoms with Gasteiger partial charge in [0.25, 0.3) is 0 Å². The highest BCUT2D eigenvalue weighted by Gasteiger charge is 2.34. The predicted molar refractivity (Wildman–Crippen MR) is 103 cm³/mol. The molecule has 2 aliphatic rings. The summed E-state index contributed by atoms with van der Waals surface area (Å²) in [6.07, 6.45) is 5.65. The molecule has 1 aliphatic heterocycles. The fraction of sp³-hybridized carbons (Fsp3) is 0.333. The van der Waals surface area contributed by atoms with Gasteiger partial charge in [0.1, 0.15) is 5.92 Å². The van der Waals surface area contributed by atoms with Crippen LogP contribution in [0.4, 0.5) is 18.9 Å². The number of alkyl halides is 3. The number of nitrogens with zero attached hydrogens (tertiary/aromatic N) is 5. The second-order valence-corrected chi connectivity index (χ2v) is 7.26. The Morgan fingerprint density at radius 2 is 1.90 bits per heavy atom. The molecule has 0 N–H and O–H groups in total. The number of rotatable bonds is 2. The highest BCUT2D eigenvalue weighted by Crippen LogP contribution is 2.34. The molecule has 0 radical (unpaired) electrons. The lowest BCUT2D eigenvalue weighted by Crippen LogP contribution is -2.27. The number of hydrogen-bond acceptors (Lipinski definition) is 4. The van der Waals surface area contributed by atoms with E-state index in [1.165, 1.54) is 41.1 Å². The van der Waals surface area contributed by atoms with E-state index in [0.29, 0.717) is 35.3 Å². The van der Waals surface area contributed by atoms with Crippen molar-refractivity contribution in [3.63, 3.8) is 0 Å². The maximum absolute atomic E-state index is 12.9. The van der Waals surface area contributed by atoms with E-state index in [0.717, 1.165) is 12.3 Å². The summed E-state index contributed by atoms with van der Waals surface area (Å²) in [4.78, 5) is 17.5. The van der Waals surface area contributed by atoms with E-state index in [-0.39, 0.29) is 5.91 Å². The van der Waals surface area contributed by atoms with Crippen LogP contribution in [0.3, 0.4) is 0 Å². The zero-order valence-electron chi connectivity index (χ0n) is 15.9. The molecule has 1 amide bonds. The summed E-state index contributed by atoms with van der Waals surface area (Å²) in [5, 5.41) is 13.2. The molecule has 1 atom stereocenters. The first-order valence-corrected chi connectivity index (χ1v) is 9.59. The molecule has 0 bridgehead atoms. The predicted octanol–water partition coefficient (Wildman–Crippen LogP) is 4.46. The van der Waals surface area contributed by atoms with Crippen LogP contribution in [0.15, 0.2) is 43.0 Å². The topological polar surface area (TPSA) is 74.3 Å². The minimum absolute atomic E-state index is 0.283. The summed E-state index contributed by atoms with van der Waals surface area (Å²) in [6.45, 7) is 0.405. The van der Waals surface area contributed by atoms with Crippen molar-refractivity contribution in [3.8, 4) is 17.2 Å². The van der Waals surface area contributed by atoms with Gasteiger partial charge in [0.15, 0.2) is 0 Å². The Kier molecular flexibility index (Phi) is 5.16. The van der Waals surface area contributed by atoms with Crippen LogP contribution >= 0.6 is 0 Å². The number of anilines is 1. The Balaban J connectivity index is 0.000000667. The number of halogens is 3. The number of pyridine rings is 1. The fourth-order valence-corrected chi connectivity index (χ4v) is 3.18. The molecular weight excluding hydrogens is 395 g/mol. The molecule has 1 saturated carbocycles. The van der Waals surface area contributed by atoms with Gasteiger partial charge in [0.05, 0.1) is 22.8 Å². The zero-order chi connectivity index (χ0) is 21.3. The molecule has 9 heteroatoms. The van der Waals surface area contributed by atoms with Crippen molar-refractivity contribution in [2.45, 2.75) is 31.9 Å². The Hall–Kier alpha value is -3.41. The maximum Gasteiger partial charge on any atom is 0.417 e. The van der Waals surface area contributed by atoms with E-state index in [1.807, 2.05) is 6.07 Å². The van der Waals surface area contributed by atoms with Crippen LogP contribution in [0.1, 0.15) is 31.2 Å². The van der Waals surface area contributed by atoms with Gasteiger partial charge >= 0.3 is 6.18 Å². The minimum atomic E-state index is -4.49. The average molecular weight is 413 g/mol. The molecule has 154 valence electrons. The Morgan fingerprint density at radius 3 is 2.53 bits per heavy atom. The molecule has 1 saturated heterocycles. The standard InChI is InChI=1S/C18H12F3N5O.C3H6/c19-18(20,21)14-5-12(8-23-9-14)13-6-16-15(1-3-24-26(16)10-13)25-4-2-11(7-22)17(25)27;1-2-3-1/h1,3,5-6,8-11H,2,4H2;1-3H2. The van der Waals surface area contributed by atoms with Crippen molar-refractivity contribution in [3.05, 3.63) is 48.5 Å². The normalized spacial score (nSPS) is 18.1. The van der Waals surface area contributed by atoms with Gasteiger partial charge in [-0.1, -0.05) is 19.3 Å². The van der Waals surface area contributed by atoms with Gasteiger partial charge < -0.3 is 4.90 Å². The zero-order valence-corrected chi connectivity index (χ0v) is 15.9. The number of fused-ring (bicyclic) bond motifs is 1. The number of carbonyl (C=O) groups excluding carboxylic acids is 1. The van der Waals surface area contributed by atoms with Gasteiger partial charge in [-0.25, -0.2) is 4.52 Å². The smallest absolute Gasteiger partial charge is 0.309 e. The van der Waals surface area contributed by atoms with E-state index in [4.69, 9.17) is 5.26 Å². The molecule has 1 aliphatic carbocycles. The Labute approximate surface area is 170 Å². The first-order chi connectivity index (χ1) is 14.4. The minimum Gasteiger partial charge on any atom is -0.309 e. The second-order valence-electron chi connectivity index (χ2n) is 7.26. The van der Waals surface area contributed by atoms with Crippen molar-refractivity contribution in [2.24, 2.45) is 5.92 Å². The number of carbonyl (C=O) groups is 1. The number of aromatic nitrogens is 3. The highest BCUT2D eigenvalue weighted by molar-refractivity contribution is 6.02. The molecule has 2 fully saturated rings. The lowest BCUT2D eigenvalue weighted by molar-refractivity contribution is -0.137. The van der Waals surface area contributed by atoms with Crippen molar-refractivity contribution < 1.29 is 18.0 Å². The number of amides is 1. The molecule has 0 aromatic carbocycles. The van der Waals surface area contributed by atoms with Crippen LogP contribution in [0.25, 0.3) is 16.6 Å². The molecule has 0 spiro atoms. The Morgan fingerprint density at radius 1 is 1.13 bits per heavy atom. The third-order valence-corrected chi connectivity index (χ3v) is 4.89. The van der Waals surface area contributed by atoms with Crippen molar-refractivity contribution in [1.82, 2.24) is 14.6 Å². The molecule has 4 heterocycles. The van der Waals surface area contributed by atoms with Crippen LogP contribution in [-0.2, 0) is 11.0 Å². The van der Waals surface area contributed by atoms with Crippen molar-refractivity contribution in [2.75, 3.05) is 11.4 Å². The van der Waals surface area contributed by atoms with E-state index >= 15 is 0 Å². The van der Waals surface area contributed by atoms with Gasteiger partial charge in [0.2, 0.25) is 5.91 Å². The van der Waals surface area contributed by atoms with Gasteiger partial charge in [0, 0.05) is 42.5 Å². The maximum atomic E-state index is 12.9. The van der Waals surface area contributed by atoms with Crippen LogP contribution in [-0.4, -0.2) is 27.0 Å². The van der Waals surface area contributed by atoms with Crippen molar-refractivity contribution in [1.29, 1.82) is 5.26 Å². The first kappa shape index (κ1) is 19.9. The van der Waals surface area contributed by atoms with Gasteiger partial charge in [-0.2, -0.15) is 23.5 Å². The quantitative estimate of drug-likeness (QED) is 0.622. The van der Waals surface area contributed by atoms with Crippen LogP contribution in [0, 0.1) is 17.2 Å². The van der Waals surface area contributed by atoms with E-state index in [1.54, 1.807) is 18.3 Å². The van der Waals surface area contributed by atoms with Crippen LogP contribution < -0.4 is 4.90 Å². The SMILES string of the molecule is C1CC1.N#CC1CCN(c2ccnn3cc(-c4cncc(C(F)(F)F)c4)cc23)C1=O. The summed E-state index contributed by atoms with van der Waals surface area (Å²) >= 11 is 0. The summed E-state index contributed by atoms with van der Waals surface area (Å²) < 4.78 is 40.3. The fourth-order valence-electron chi connectivity index (χ4n) is 3.18. The number of nitriles is 1. The first-order valence-electron chi connectivity index (χ1n) is 9.59. The molecule has 5 rings (SSSR count). The van der Waals surface area contributed by atoms with Gasteiger partial charge in [-0.05, 0) is 24.6 Å². The summed E-state index contributed by atoms with van der Waals surface area (Å²) in [6, 6.07) is 6.32. The van der Waals surface area contributed by atoms with Crippen LogP contribution in [0.2, 0.25) is 0 Å². The van der Waals surface area contributed by atoms with Crippen molar-refractivity contribution >= 4 is 17.1 Å². The summed E-state index contributed by atoms with van der Waals surface area (Å²) in [5.74, 6) is -0.964. The third kappa shape index (κ3) is 3.99. The van der Waals surface area contributed by atoms with Gasteiger partial charge in [-0.3, -0.25) is 9.78 Å². The largest absolute Gasteiger partial charge is 0.417 e. The monoisotopic (exact) mass is 413 g/mol. The van der Waals surface area contributed by atoms with Gasteiger partial charge in [-0.15, -0.1) is 0 Å². The average Bonchev–Trinajstić information content (AvgIpc) is 3.48. The van der Waals surface area contributed by atoms with E-state index in [2.05, 4.69) is 10.1 Å². The second kappa shape index (κ2) is 7.78. The molecule has 30 heavy (non-hydrogen) atoms. The van der Waals surface area contributed by atoms with Crippen LogP contribution in [0.5, 0.6) is 0 Å². The Bertz CT molecular complexity index is 1130. The van der Waals surface area contributed by atoms with E-state index < -0.39 is 17.7 Å². The summed E-state index contributed by atoms with van der Waals surface area (Å²) in [7, 11) is 0. The highest BCUT2D eigenvalue weighted by atomic mass is 19.4. The molecule has 3 aromatic heterocycles. The molecule has 3 aromatic rings.